The minimum Gasteiger partial charge on any atom is -0.479 e. The first-order valence-corrected chi connectivity index (χ1v) is 15.3. The smallest absolute Gasteiger partial charge is 0.327 e. The second kappa shape index (κ2) is 11.0. The number of esters is 1. The molecule has 1 aromatic carbocycles. The molecule has 0 amide bonds. The van der Waals surface area contributed by atoms with E-state index < -0.39 is 42.8 Å². The normalized spacial score (nSPS) is 30.9. The van der Waals surface area contributed by atoms with Crippen molar-refractivity contribution >= 4 is 41.2 Å². The lowest BCUT2D eigenvalue weighted by Crippen LogP contribution is -2.44. The van der Waals surface area contributed by atoms with Gasteiger partial charge in [0.05, 0.1) is 20.0 Å². The van der Waals surface area contributed by atoms with Crippen LogP contribution in [-0.2, 0) is 30.0 Å². The maximum absolute atomic E-state index is 13.4. The van der Waals surface area contributed by atoms with Crippen molar-refractivity contribution < 1.29 is 38.3 Å². The Morgan fingerprint density at radius 3 is 2.87 bits per heavy atom. The Hall–Kier alpha value is -2.78. The molecule has 16 heteroatoms. The van der Waals surface area contributed by atoms with Crippen molar-refractivity contribution in [3.63, 3.8) is 0 Å². The lowest BCUT2D eigenvalue weighted by molar-refractivity contribution is -0.147. The van der Waals surface area contributed by atoms with E-state index >= 15 is 0 Å². The first-order chi connectivity index (χ1) is 18.6. The van der Waals surface area contributed by atoms with Crippen LogP contribution in [0.3, 0.4) is 0 Å². The zero-order valence-electron chi connectivity index (χ0n) is 21.2. The van der Waals surface area contributed by atoms with Crippen LogP contribution in [0.5, 0.6) is 5.88 Å². The van der Waals surface area contributed by atoms with E-state index in [-0.39, 0.29) is 36.2 Å². The minimum atomic E-state index is -3.56. The van der Waals surface area contributed by atoms with Crippen molar-refractivity contribution in [2.45, 2.75) is 50.0 Å². The van der Waals surface area contributed by atoms with Gasteiger partial charge in [0, 0.05) is 5.75 Å². The number of aromatic nitrogens is 4. The van der Waals surface area contributed by atoms with Gasteiger partial charge in [-0.3, -0.25) is 13.9 Å². The van der Waals surface area contributed by atoms with Crippen LogP contribution in [0, 0.1) is 0 Å². The van der Waals surface area contributed by atoms with Gasteiger partial charge in [0.2, 0.25) is 11.8 Å². The first kappa shape index (κ1) is 27.8. The van der Waals surface area contributed by atoms with Crippen molar-refractivity contribution in [3.8, 4) is 5.88 Å². The van der Waals surface area contributed by atoms with Gasteiger partial charge in [-0.25, -0.2) is 10.1 Å². The number of aliphatic hydroxyl groups is 2. The van der Waals surface area contributed by atoms with E-state index in [2.05, 4.69) is 20.0 Å². The molecule has 3 aromatic rings. The average molecular weight is 581 g/mol. The molecule has 2 aliphatic heterocycles. The predicted octanol–water partition coefficient (Wildman–Crippen LogP) is 1.39. The summed E-state index contributed by atoms with van der Waals surface area (Å²) >= 11 is 1.05. The highest BCUT2D eigenvalue weighted by Crippen LogP contribution is 2.59. The van der Waals surface area contributed by atoms with Gasteiger partial charge in [-0.1, -0.05) is 41.7 Å². The van der Waals surface area contributed by atoms with Crippen LogP contribution < -0.4 is 15.6 Å². The quantitative estimate of drug-likeness (QED) is 0.220. The molecule has 2 aromatic heterocycles. The highest BCUT2D eigenvalue weighted by Gasteiger charge is 2.54. The molecule has 4 heterocycles. The fourth-order valence-corrected chi connectivity index (χ4v) is 8.24. The molecule has 0 unspecified atom stereocenters. The van der Waals surface area contributed by atoms with Crippen molar-refractivity contribution in [1.29, 1.82) is 0 Å². The second-order valence-corrected chi connectivity index (χ2v) is 13.7. The number of rotatable bonds is 8. The van der Waals surface area contributed by atoms with Crippen LogP contribution in [0.4, 0.5) is 5.95 Å². The van der Waals surface area contributed by atoms with Gasteiger partial charge in [0.1, 0.15) is 30.5 Å². The zero-order valence-corrected chi connectivity index (χ0v) is 22.9. The molecule has 2 saturated heterocycles. The summed E-state index contributed by atoms with van der Waals surface area (Å²) in [7, 11) is 1.41. The van der Waals surface area contributed by atoms with Gasteiger partial charge in [-0.2, -0.15) is 9.97 Å². The van der Waals surface area contributed by atoms with E-state index in [1.54, 1.807) is 0 Å². The average Bonchev–Trinajstić information content (AvgIpc) is 3.43. The lowest BCUT2D eigenvalue weighted by Gasteiger charge is -2.29. The van der Waals surface area contributed by atoms with Gasteiger partial charge in [0.25, 0.3) is 0 Å². The fraction of sp³-hybridized carbons (Fsp3) is 0.478. The van der Waals surface area contributed by atoms with Crippen LogP contribution in [0.25, 0.3) is 11.2 Å². The van der Waals surface area contributed by atoms with Crippen LogP contribution in [-0.4, -0.2) is 79.0 Å². The fourth-order valence-electron chi connectivity index (χ4n) is 4.43. The number of carbonyl (C=O) groups is 1. The first-order valence-electron chi connectivity index (χ1n) is 12.1. The molecule has 210 valence electrons. The van der Waals surface area contributed by atoms with E-state index in [0.29, 0.717) is 12.2 Å². The Morgan fingerprint density at radius 1 is 1.36 bits per heavy atom. The molecule has 6 atom stereocenters. The number of methoxy groups -OCH3 is 1. The number of ether oxygens (including phenoxy) is 3. The van der Waals surface area contributed by atoms with E-state index in [1.807, 2.05) is 30.3 Å². The summed E-state index contributed by atoms with van der Waals surface area (Å²) in [5.41, 5.74) is 5.33. The summed E-state index contributed by atoms with van der Waals surface area (Å²) in [4.78, 5) is 25.0. The standard InChI is InChI=1S/C23H29N6O8PS/c1-23(32)17(30)15(37-21(23)29-12-25-16-18(29)26-22(24)27-19(16)34-2)11-36-38(33)28-14(8-9-39-38)20(31)35-10-13-6-4-3-5-7-13/h3-7,12,14-15,17,21,30,32H,8-11H2,1-2H3,(H,28,33)(H2,24,26,27)/t14-,15-,17-,21-,23-,38-/m1/s1. The van der Waals surface area contributed by atoms with Crippen molar-refractivity contribution in [3.05, 3.63) is 42.2 Å². The number of nitrogens with one attached hydrogen (secondary N) is 1. The number of carbonyl (C=O) groups excluding carboxylic acids is 1. The summed E-state index contributed by atoms with van der Waals surface area (Å²) in [6, 6.07) is 8.42. The molecular weight excluding hydrogens is 551 g/mol. The Labute approximate surface area is 227 Å². The maximum Gasteiger partial charge on any atom is 0.327 e. The third kappa shape index (κ3) is 5.61. The Balaban J connectivity index is 1.24. The Bertz CT molecular complexity index is 1390. The Morgan fingerprint density at radius 2 is 2.13 bits per heavy atom. The summed E-state index contributed by atoms with van der Waals surface area (Å²) in [6.45, 7) is -2.39. The topological polar surface area (TPSA) is 193 Å². The highest BCUT2D eigenvalue weighted by atomic mass is 32.7. The van der Waals surface area contributed by atoms with E-state index in [0.717, 1.165) is 16.9 Å². The molecule has 2 fully saturated rings. The molecule has 2 aliphatic rings. The number of hydrogen-bond acceptors (Lipinski definition) is 13. The van der Waals surface area contributed by atoms with Crippen LogP contribution in [0.15, 0.2) is 36.7 Å². The van der Waals surface area contributed by atoms with Crippen LogP contribution >= 0.6 is 18.1 Å². The monoisotopic (exact) mass is 580 g/mol. The zero-order chi connectivity index (χ0) is 27.8. The molecule has 5 rings (SSSR count). The molecule has 5 N–H and O–H groups in total. The molecule has 0 aliphatic carbocycles. The molecule has 14 nitrogen and oxygen atoms in total. The molecule has 0 saturated carbocycles. The van der Waals surface area contributed by atoms with Gasteiger partial charge in [0.15, 0.2) is 17.4 Å². The number of anilines is 1. The van der Waals surface area contributed by atoms with Crippen molar-refractivity contribution in [2.75, 3.05) is 25.2 Å². The lowest BCUT2D eigenvalue weighted by atomic mass is 9.96. The van der Waals surface area contributed by atoms with Crippen molar-refractivity contribution in [2.24, 2.45) is 0 Å². The van der Waals surface area contributed by atoms with Gasteiger partial charge >= 0.3 is 12.7 Å². The molecular formula is C23H29N6O8PS. The van der Waals surface area contributed by atoms with Crippen LogP contribution in [0.2, 0.25) is 0 Å². The number of aliphatic hydroxyl groups excluding tert-OH is 1. The SMILES string of the molecule is COc1nc(N)nc2c1ncn2[C@@H]1O[C@H](CO[P@]2(=O)N[C@@H](C(=O)OCc3ccccc3)CCS2)[C@@H](O)[C@@]1(C)O. The Kier molecular flexibility index (Phi) is 7.84. The number of nitrogens with two attached hydrogens (primary N) is 1. The van der Waals surface area contributed by atoms with Gasteiger partial charge in [-0.05, 0) is 18.9 Å². The van der Waals surface area contributed by atoms with E-state index in [1.165, 1.54) is 24.9 Å². The molecule has 0 spiro atoms. The molecule has 0 radical (unpaired) electrons. The van der Waals surface area contributed by atoms with Gasteiger partial charge < -0.3 is 34.7 Å². The third-order valence-electron chi connectivity index (χ3n) is 6.51. The number of imidazole rings is 1. The number of nitrogens with zero attached hydrogens (tertiary/aromatic N) is 4. The summed E-state index contributed by atoms with van der Waals surface area (Å²) in [5.74, 6) is -0.0701. The molecule has 39 heavy (non-hydrogen) atoms. The predicted molar refractivity (Wildman–Crippen MR) is 141 cm³/mol. The maximum atomic E-state index is 13.4. The number of benzene rings is 1. The number of fused-ring (bicyclic) bond motifs is 1. The van der Waals surface area contributed by atoms with E-state index in [9.17, 15) is 19.6 Å². The second-order valence-electron chi connectivity index (χ2n) is 9.30. The minimum absolute atomic E-state index is 0.0745. The van der Waals surface area contributed by atoms with Crippen molar-refractivity contribution in [1.82, 2.24) is 24.6 Å². The van der Waals surface area contributed by atoms with E-state index in [4.69, 9.17) is 24.5 Å². The third-order valence-corrected chi connectivity index (χ3v) is 10.6. The van der Waals surface area contributed by atoms with Gasteiger partial charge in [-0.15, -0.1) is 0 Å². The van der Waals surface area contributed by atoms with Crippen LogP contribution in [0.1, 0.15) is 25.1 Å². The summed E-state index contributed by atoms with van der Waals surface area (Å²) < 4.78 is 37.0. The summed E-state index contributed by atoms with van der Waals surface area (Å²) in [6.07, 6.45) is -1.86. The summed E-state index contributed by atoms with van der Waals surface area (Å²) in [5, 5.41) is 24.8. The largest absolute Gasteiger partial charge is 0.479 e. The molecule has 0 bridgehead atoms. The highest BCUT2D eigenvalue weighted by molar-refractivity contribution is 8.56. The number of nitrogen functional groups attached to an aromatic ring is 1. The number of hydrogen-bond donors (Lipinski definition) is 4.